The molecule has 0 radical (unpaired) electrons. The van der Waals surface area contributed by atoms with E-state index in [0.717, 1.165) is 29.4 Å². The summed E-state index contributed by atoms with van der Waals surface area (Å²) >= 11 is 3.35. The van der Waals surface area contributed by atoms with Crippen LogP contribution in [0.15, 0.2) is 70.4 Å². The Bertz CT molecular complexity index is 892. The van der Waals surface area contributed by atoms with Crippen LogP contribution in [0.4, 0.5) is 0 Å². The molecular weight excluding hydrogens is 398 g/mol. The molecule has 150 valence electrons. The van der Waals surface area contributed by atoms with Crippen molar-refractivity contribution in [1.82, 2.24) is 15.2 Å². The molecule has 1 amide bonds. The number of thiazole rings is 1. The first-order chi connectivity index (χ1) is 14.3. The Kier molecular flexibility index (Phi) is 6.98. The van der Waals surface area contributed by atoms with E-state index in [0.29, 0.717) is 12.1 Å². The van der Waals surface area contributed by atoms with Gasteiger partial charge in [-0.25, -0.2) is 4.98 Å². The zero-order chi connectivity index (χ0) is 19.9. The topological polar surface area (TPSA) is 45.2 Å². The number of rotatable bonds is 8. The third-order valence-electron chi connectivity index (χ3n) is 5.21. The highest BCUT2D eigenvalue weighted by Gasteiger charge is 2.23. The lowest BCUT2D eigenvalue weighted by atomic mass is 10.1. The number of likely N-dealkylation sites (tertiary alicyclic amines) is 1. The standard InChI is InChI=1S/C23H25N3OS2/c27-23(19-8-10-21(11-9-19)29-16-20-15-28-17-25-20)24-14-22(26-12-4-5-13-26)18-6-2-1-3-7-18/h1-3,6-11,15,17,22H,4-5,12-14,16H2,(H,24,27)/t22-/m0/s1. The molecule has 0 saturated carbocycles. The number of nitrogens with one attached hydrogen (secondary N) is 1. The maximum atomic E-state index is 12.7. The number of hydrogen-bond donors (Lipinski definition) is 1. The third-order valence-corrected chi connectivity index (χ3v) is 6.89. The molecule has 1 N–H and O–H groups in total. The molecule has 0 unspecified atom stereocenters. The van der Waals surface area contributed by atoms with Crippen LogP contribution in [0.3, 0.4) is 0 Å². The summed E-state index contributed by atoms with van der Waals surface area (Å²) in [6.07, 6.45) is 2.47. The van der Waals surface area contributed by atoms with Gasteiger partial charge in [-0.3, -0.25) is 9.69 Å². The molecule has 2 heterocycles. The van der Waals surface area contributed by atoms with Crippen LogP contribution in [0.5, 0.6) is 0 Å². The molecule has 3 aromatic rings. The van der Waals surface area contributed by atoms with Gasteiger partial charge in [0.1, 0.15) is 0 Å². The van der Waals surface area contributed by atoms with Gasteiger partial charge in [-0.05, 0) is 55.8 Å². The molecule has 0 aliphatic carbocycles. The number of amides is 1. The van der Waals surface area contributed by atoms with Crippen LogP contribution in [0, 0.1) is 0 Å². The zero-order valence-corrected chi connectivity index (χ0v) is 17.9. The molecule has 1 saturated heterocycles. The normalized spacial score (nSPS) is 15.3. The molecule has 1 atom stereocenters. The van der Waals surface area contributed by atoms with Crippen LogP contribution in [-0.4, -0.2) is 35.4 Å². The second-order valence-electron chi connectivity index (χ2n) is 7.17. The van der Waals surface area contributed by atoms with Crippen molar-refractivity contribution in [2.24, 2.45) is 0 Å². The molecule has 4 nitrogen and oxygen atoms in total. The zero-order valence-electron chi connectivity index (χ0n) is 16.3. The van der Waals surface area contributed by atoms with Crippen LogP contribution in [0.25, 0.3) is 0 Å². The summed E-state index contributed by atoms with van der Waals surface area (Å²) in [6.45, 7) is 2.82. The maximum absolute atomic E-state index is 12.7. The minimum Gasteiger partial charge on any atom is -0.350 e. The predicted octanol–water partition coefficient (Wildman–Crippen LogP) is 5.00. The van der Waals surface area contributed by atoms with Crippen LogP contribution in [-0.2, 0) is 5.75 Å². The summed E-state index contributed by atoms with van der Waals surface area (Å²) in [6, 6.07) is 18.6. The Hall–Kier alpha value is -2.15. The number of carbonyl (C=O) groups excluding carboxylic acids is 1. The van der Waals surface area contributed by atoms with Crippen molar-refractivity contribution in [2.45, 2.75) is 29.5 Å². The minimum atomic E-state index is -0.0128. The van der Waals surface area contributed by atoms with Gasteiger partial charge in [0, 0.05) is 28.1 Å². The van der Waals surface area contributed by atoms with Crippen molar-refractivity contribution in [3.63, 3.8) is 0 Å². The van der Waals surface area contributed by atoms with E-state index < -0.39 is 0 Å². The van der Waals surface area contributed by atoms with Crippen molar-refractivity contribution >= 4 is 29.0 Å². The Morgan fingerprint density at radius 3 is 2.55 bits per heavy atom. The summed E-state index contributed by atoms with van der Waals surface area (Å²) < 4.78 is 0. The van der Waals surface area contributed by atoms with Crippen LogP contribution >= 0.6 is 23.1 Å². The number of benzene rings is 2. The fourth-order valence-corrected chi connectivity index (χ4v) is 5.11. The second kappa shape index (κ2) is 10.1. The molecule has 1 aliphatic heterocycles. The first-order valence-corrected chi connectivity index (χ1v) is 11.9. The monoisotopic (exact) mass is 423 g/mol. The summed E-state index contributed by atoms with van der Waals surface area (Å²) in [5, 5.41) is 5.22. The minimum absolute atomic E-state index is 0.0128. The molecule has 2 aromatic carbocycles. The van der Waals surface area contributed by atoms with E-state index in [4.69, 9.17) is 0 Å². The number of aromatic nitrogens is 1. The van der Waals surface area contributed by atoms with Crippen molar-refractivity contribution < 1.29 is 4.79 Å². The fourth-order valence-electron chi connectivity index (χ4n) is 3.65. The van der Waals surface area contributed by atoms with Crippen LogP contribution < -0.4 is 5.32 Å². The summed E-state index contributed by atoms with van der Waals surface area (Å²) in [5.74, 6) is 0.838. The molecular formula is C23H25N3OS2. The first kappa shape index (κ1) is 20.1. The van der Waals surface area contributed by atoms with Crippen LogP contribution in [0.1, 0.15) is 40.5 Å². The summed E-state index contributed by atoms with van der Waals surface area (Å²) in [7, 11) is 0. The van der Waals surface area contributed by atoms with E-state index in [9.17, 15) is 4.79 Å². The van der Waals surface area contributed by atoms with E-state index in [2.05, 4.69) is 44.8 Å². The maximum Gasteiger partial charge on any atom is 0.251 e. The van der Waals surface area contributed by atoms with E-state index in [1.54, 1.807) is 23.1 Å². The van der Waals surface area contributed by atoms with Crippen molar-refractivity contribution in [2.75, 3.05) is 19.6 Å². The highest BCUT2D eigenvalue weighted by Crippen LogP contribution is 2.25. The molecule has 4 rings (SSSR count). The average Bonchev–Trinajstić information content (AvgIpc) is 3.48. The Morgan fingerprint density at radius 1 is 1.10 bits per heavy atom. The molecule has 0 spiro atoms. The van der Waals surface area contributed by atoms with Gasteiger partial charge in [0.15, 0.2) is 0 Å². The first-order valence-electron chi connectivity index (χ1n) is 9.97. The van der Waals surface area contributed by atoms with E-state index in [-0.39, 0.29) is 11.9 Å². The largest absolute Gasteiger partial charge is 0.350 e. The average molecular weight is 424 g/mol. The third kappa shape index (κ3) is 5.47. The molecule has 6 heteroatoms. The fraction of sp³-hybridized carbons (Fsp3) is 0.304. The predicted molar refractivity (Wildman–Crippen MR) is 120 cm³/mol. The molecule has 29 heavy (non-hydrogen) atoms. The van der Waals surface area contributed by atoms with Gasteiger partial charge in [0.2, 0.25) is 0 Å². The van der Waals surface area contributed by atoms with Gasteiger partial charge in [0.25, 0.3) is 5.91 Å². The number of thioether (sulfide) groups is 1. The molecule has 0 bridgehead atoms. The van der Waals surface area contributed by atoms with Gasteiger partial charge in [-0.2, -0.15) is 0 Å². The summed E-state index contributed by atoms with van der Waals surface area (Å²) in [5.41, 5.74) is 4.92. The lowest BCUT2D eigenvalue weighted by molar-refractivity contribution is 0.0938. The van der Waals surface area contributed by atoms with Gasteiger partial charge < -0.3 is 5.32 Å². The van der Waals surface area contributed by atoms with E-state index in [1.165, 1.54) is 18.4 Å². The highest BCUT2D eigenvalue weighted by molar-refractivity contribution is 7.98. The lowest BCUT2D eigenvalue weighted by Crippen LogP contribution is -2.36. The molecule has 1 aliphatic rings. The highest BCUT2D eigenvalue weighted by atomic mass is 32.2. The SMILES string of the molecule is O=C(NC[C@@H](c1ccccc1)N1CCCC1)c1ccc(SCc2cscn2)cc1. The Balaban J connectivity index is 1.35. The van der Waals surface area contributed by atoms with E-state index in [1.807, 2.05) is 35.8 Å². The Morgan fingerprint density at radius 2 is 1.86 bits per heavy atom. The van der Waals surface area contributed by atoms with Gasteiger partial charge in [-0.15, -0.1) is 23.1 Å². The van der Waals surface area contributed by atoms with Crippen molar-refractivity contribution in [3.05, 3.63) is 82.3 Å². The van der Waals surface area contributed by atoms with Gasteiger partial charge in [0.05, 0.1) is 17.2 Å². The number of hydrogen-bond acceptors (Lipinski definition) is 5. The number of nitrogens with zero attached hydrogens (tertiary/aromatic N) is 2. The van der Waals surface area contributed by atoms with E-state index >= 15 is 0 Å². The Labute approximate surface area is 180 Å². The molecule has 1 aromatic heterocycles. The second-order valence-corrected chi connectivity index (χ2v) is 8.94. The number of carbonyl (C=O) groups is 1. The summed E-state index contributed by atoms with van der Waals surface area (Å²) in [4.78, 5) is 20.6. The lowest BCUT2D eigenvalue weighted by Gasteiger charge is -2.28. The van der Waals surface area contributed by atoms with Crippen LogP contribution in [0.2, 0.25) is 0 Å². The smallest absolute Gasteiger partial charge is 0.251 e. The van der Waals surface area contributed by atoms with Crippen molar-refractivity contribution in [3.8, 4) is 0 Å². The van der Waals surface area contributed by atoms with Gasteiger partial charge >= 0.3 is 0 Å². The quantitative estimate of drug-likeness (QED) is 0.518. The molecule has 1 fully saturated rings. The van der Waals surface area contributed by atoms with Gasteiger partial charge in [-0.1, -0.05) is 30.3 Å². The van der Waals surface area contributed by atoms with Crippen molar-refractivity contribution in [1.29, 1.82) is 0 Å².